The van der Waals surface area contributed by atoms with E-state index in [1.807, 2.05) is 13.8 Å². The van der Waals surface area contributed by atoms with E-state index in [1.165, 1.54) is 14.0 Å². The number of aliphatic carboxylic acids is 1. The summed E-state index contributed by atoms with van der Waals surface area (Å²) in [4.78, 5) is 46.6. The lowest BCUT2D eigenvalue weighted by atomic mass is 9.91. The zero-order valence-electron chi connectivity index (χ0n) is 16.6. The molecule has 156 valence electrons. The molecule has 3 atom stereocenters. The van der Waals surface area contributed by atoms with Gasteiger partial charge in [-0.1, -0.05) is 25.6 Å². The van der Waals surface area contributed by atoms with Crippen molar-refractivity contribution in [1.29, 1.82) is 0 Å². The van der Waals surface area contributed by atoms with Crippen LogP contribution in [0.1, 0.15) is 52.9 Å². The van der Waals surface area contributed by atoms with Gasteiger partial charge in [-0.2, -0.15) is 0 Å². The van der Waals surface area contributed by atoms with Gasteiger partial charge in [-0.15, -0.1) is 0 Å². The van der Waals surface area contributed by atoms with E-state index in [-0.39, 0.29) is 29.3 Å². The topological polar surface area (TPSA) is 139 Å². The summed E-state index contributed by atoms with van der Waals surface area (Å²) in [6.07, 6.45) is 2.13. The number of hydrogen-bond acceptors (Lipinski definition) is 6. The molecule has 0 fully saturated rings. The van der Waals surface area contributed by atoms with Crippen LogP contribution in [0.15, 0.2) is 0 Å². The largest absolute Gasteiger partial charge is 0.481 e. The highest BCUT2D eigenvalue weighted by Gasteiger charge is 2.32. The molecule has 27 heavy (non-hydrogen) atoms. The van der Waals surface area contributed by atoms with E-state index < -0.39 is 23.2 Å². The van der Waals surface area contributed by atoms with Gasteiger partial charge in [-0.3, -0.25) is 19.2 Å². The SMILES string of the molecule is CNC(=O)C(N)CCCCNC(=O)C(CC(C)C)C(CC(=O)O)SC(C)=O. The van der Waals surface area contributed by atoms with Gasteiger partial charge in [-0.05, 0) is 31.6 Å². The number of hydrogen-bond donors (Lipinski definition) is 4. The third-order valence-corrected chi connectivity index (χ3v) is 5.16. The Balaban J connectivity index is 4.69. The maximum absolute atomic E-state index is 12.6. The first-order valence-electron chi connectivity index (χ1n) is 9.22. The lowest BCUT2D eigenvalue weighted by molar-refractivity contribution is -0.137. The fraction of sp³-hybridized carbons (Fsp3) is 0.778. The molecule has 0 radical (unpaired) electrons. The minimum atomic E-state index is -1.03. The summed E-state index contributed by atoms with van der Waals surface area (Å²) in [6.45, 7) is 5.70. The normalized spacial score (nSPS) is 14.3. The first kappa shape index (κ1) is 25.4. The first-order chi connectivity index (χ1) is 12.6. The number of carboxylic acid groups (broad SMARTS) is 1. The van der Waals surface area contributed by atoms with E-state index in [0.717, 1.165) is 11.8 Å². The van der Waals surface area contributed by atoms with E-state index in [2.05, 4.69) is 10.6 Å². The molecule has 0 aliphatic carbocycles. The Kier molecular flexibility index (Phi) is 12.7. The predicted octanol–water partition coefficient (Wildman–Crippen LogP) is 1.13. The Hall–Kier alpha value is -1.61. The molecule has 0 bridgehead atoms. The van der Waals surface area contributed by atoms with Gasteiger partial charge in [0.25, 0.3) is 0 Å². The molecule has 0 saturated carbocycles. The number of carbonyl (C=O) groups is 4. The molecule has 0 spiro atoms. The Morgan fingerprint density at radius 1 is 1.11 bits per heavy atom. The van der Waals surface area contributed by atoms with Crippen molar-refractivity contribution >= 4 is 34.7 Å². The summed E-state index contributed by atoms with van der Waals surface area (Å²) in [7, 11) is 1.53. The second-order valence-electron chi connectivity index (χ2n) is 6.99. The van der Waals surface area contributed by atoms with Gasteiger partial charge in [0.05, 0.1) is 18.4 Å². The standard InChI is InChI=1S/C18H33N3O5S/c1-11(2)9-13(15(10-16(23)24)27-12(3)22)17(25)21-8-6-5-7-14(19)18(26)20-4/h11,13-15H,5-10,19H2,1-4H3,(H,20,26)(H,21,25)(H,23,24). The predicted molar refractivity (Wildman–Crippen MR) is 106 cm³/mol. The number of nitrogens with one attached hydrogen (secondary N) is 2. The van der Waals surface area contributed by atoms with E-state index >= 15 is 0 Å². The highest BCUT2D eigenvalue weighted by Crippen LogP contribution is 2.29. The number of likely N-dealkylation sites (N-methyl/N-ethyl adjacent to an activating group) is 1. The van der Waals surface area contributed by atoms with Gasteiger partial charge in [0.15, 0.2) is 5.12 Å². The zero-order chi connectivity index (χ0) is 21.0. The molecule has 8 nitrogen and oxygen atoms in total. The molecule has 0 heterocycles. The summed E-state index contributed by atoms with van der Waals surface area (Å²) in [5.41, 5.74) is 5.72. The summed E-state index contributed by atoms with van der Waals surface area (Å²) in [5.74, 6) is -1.84. The van der Waals surface area contributed by atoms with Crippen LogP contribution in [0.4, 0.5) is 0 Å². The highest BCUT2D eigenvalue weighted by molar-refractivity contribution is 8.14. The number of unbranched alkanes of at least 4 members (excludes halogenated alkanes) is 1. The summed E-state index contributed by atoms with van der Waals surface area (Å²) < 4.78 is 0. The van der Waals surface area contributed by atoms with Gasteiger partial charge >= 0.3 is 5.97 Å². The fourth-order valence-electron chi connectivity index (χ4n) is 2.74. The van der Waals surface area contributed by atoms with E-state index in [0.29, 0.717) is 32.2 Å². The lowest BCUT2D eigenvalue weighted by Crippen LogP contribution is -2.39. The van der Waals surface area contributed by atoms with Crippen LogP contribution in [0.25, 0.3) is 0 Å². The average molecular weight is 404 g/mol. The molecule has 0 saturated heterocycles. The molecular weight excluding hydrogens is 370 g/mol. The smallest absolute Gasteiger partial charge is 0.304 e. The minimum absolute atomic E-state index is 0.190. The average Bonchev–Trinajstić information content (AvgIpc) is 2.56. The molecule has 5 N–H and O–H groups in total. The number of carboxylic acids is 1. The van der Waals surface area contributed by atoms with Gasteiger partial charge in [0.2, 0.25) is 11.8 Å². The number of thioether (sulfide) groups is 1. The van der Waals surface area contributed by atoms with Crippen LogP contribution in [0.2, 0.25) is 0 Å². The molecule has 0 aromatic rings. The quantitative estimate of drug-likeness (QED) is 0.338. The van der Waals surface area contributed by atoms with Crippen molar-refractivity contribution in [2.24, 2.45) is 17.6 Å². The zero-order valence-corrected chi connectivity index (χ0v) is 17.4. The van der Waals surface area contributed by atoms with Crippen LogP contribution in [0.5, 0.6) is 0 Å². The van der Waals surface area contributed by atoms with Crippen molar-refractivity contribution in [1.82, 2.24) is 10.6 Å². The van der Waals surface area contributed by atoms with Crippen molar-refractivity contribution in [3.8, 4) is 0 Å². The van der Waals surface area contributed by atoms with Crippen LogP contribution >= 0.6 is 11.8 Å². The van der Waals surface area contributed by atoms with Crippen molar-refractivity contribution in [2.45, 2.75) is 64.2 Å². The molecule has 0 aliphatic heterocycles. The minimum Gasteiger partial charge on any atom is -0.481 e. The second kappa shape index (κ2) is 13.5. The van der Waals surface area contributed by atoms with Crippen molar-refractivity contribution in [3.05, 3.63) is 0 Å². The summed E-state index contributed by atoms with van der Waals surface area (Å²) in [5, 5.41) is 13.7. The van der Waals surface area contributed by atoms with Crippen LogP contribution < -0.4 is 16.4 Å². The maximum Gasteiger partial charge on any atom is 0.304 e. The monoisotopic (exact) mass is 403 g/mol. The second-order valence-corrected chi connectivity index (χ2v) is 8.41. The Bertz CT molecular complexity index is 497. The van der Waals surface area contributed by atoms with Crippen LogP contribution in [-0.2, 0) is 19.2 Å². The van der Waals surface area contributed by atoms with Crippen molar-refractivity contribution in [2.75, 3.05) is 13.6 Å². The Labute approximate surface area is 165 Å². The van der Waals surface area contributed by atoms with Crippen LogP contribution in [-0.4, -0.2) is 52.9 Å². The summed E-state index contributed by atoms with van der Waals surface area (Å²) >= 11 is 0.918. The molecule has 0 aliphatic rings. The van der Waals surface area contributed by atoms with Gasteiger partial charge in [0, 0.05) is 25.8 Å². The lowest BCUT2D eigenvalue weighted by Gasteiger charge is -2.25. The summed E-state index contributed by atoms with van der Waals surface area (Å²) in [6, 6.07) is -0.564. The number of carbonyl (C=O) groups excluding carboxylic acids is 3. The maximum atomic E-state index is 12.6. The molecule has 3 unspecified atom stereocenters. The third-order valence-electron chi connectivity index (χ3n) is 4.03. The van der Waals surface area contributed by atoms with E-state index in [9.17, 15) is 19.2 Å². The van der Waals surface area contributed by atoms with Crippen LogP contribution in [0, 0.1) is 11.8 Å². The van der Waals surface area contributed by atoms with Crippen LogP contribution in [0.3, 0.4) is 0 Å². The van der Waals surface area contributed by atoms with Gasteiger partial charge < -0.3 is 21.5 Å². The Morgan fingerprint density at radius 2 is 1.74 bits per heavy atom. The van der Waals surface area contributed by atoms with Crippen molar-refractivity contribution in [3.63, 3.8) is 0 Å². The van der Waals surface area contributed by atoms with Gasteiger partial charge in [0.1, 0.15) is 0 Å². The third kappa shape index (κ3) is 11.7. The molecule has 0 aromatic carbocycles. The molecule has 2 amide bonds. The Morgan fingerprint density at radius 3 is 2.22 bits per heavy atom. The first-order valence-corrected chi connectivity index (χ1v) is 10.1. The molecular formula is C18H33N3O5S. The molecule has 0 aromatic heterocycles. The molecule has 9 heteroatoms. The number of rotatable bonds is 13. The number of nitrogens with two attached hydrogens (primary N) is 1. The van der Waals surface area contributed by atoms with Gasteiger partial charge in [-0.25, -0.2) is 0 Å². The van der Waals surface area contributed by atoms with E-state index in [1.54, 1.807) is 0 Å². The van der Waals surface area contributed by atoms with Crippen molar-refractivity contribution < 1.29 is 24.3 Å². The fourth-order valence-corrected chi connectivity index (χ4v) is 3.79. The number of amides is 2. The highest BCUT2D eigenvalue weighted by atomic mass is 32.2. The van der Waals surface area contributed by atoms with E-state index in [4.69, 9.17) is 10.8 Å². The molecule has 0 rings (SSSR count).